The Morgan fingerprint density at radius 3 is 2.72 bits per heavy atom. The van der Waals surface area contributed by atoms with Crippen molar-refractivity contribution in [1.29, 1.82) is 0 Å². The third-order valence-electron chi connectivity index (χ3n) is 6.15. The van der Waals surface area contributed by atoms with Gasteiger partial charge in [0.05, 0.1) is 22.4 Å². The fourth-order valence-electron chi connectivity index (χ4n) is 4.60. The second kappa shape index (κ2) is 9.76. The zero-order chi connectivity index (χ0) is 25.4. The lowest BCUT2D eigenvalue weighted by Crippen LogP contribution is -2.40. The van der Waals surface area contributed by atoms with Crippen LogP contribution in [-0.2, 0) is 16.1 Å². The van der Waals surface area contributed by atoms with Gasteiger partial charge in [-0.15, -0.1) is 6.58 Å². The van der Waals surface area contributed by atoms with Crippen LogP contribution in [0.2, 0.25) is 5.02 Å². The average Bonchev–Trinajstić information content (AvgIpc) is 3.36. The monoisotopic (exact) mass is 517 g/mol. The number of benzene rings is 2. The number of hydrogen-bond acceptors (Lipinski definition) is 5. The molecule has 0 saturated heterocycles. The summed E-state index contributed by atoms with van der Waals surface area (Å²) in [5.74, 6) is -0.509. The molecule has 1 aliphatic rings. The first-order valence-corrected chi connectivity index (χ1v) is 12.8. The van der Waals surface area contributed by atoms with Gasteiger partial charge in [0.25, 0.3) is 5.56 Å². The Bertz CT molecular complexity index is 1720. The number of rotatable bonds is 6. The molecule has 0 radical (unpaired) electrons. The van der Waals surface area contributed by atoms with Crippen LogP contribution in [0.4, 0.5) is 0 Å². The first-order chi connectivity index (χ1) is 17.4. The maximum atomic E-state index is 13.9. The zero-order valence-electron chi connectivity index (χ0n) is 19.9. The highest BCUT2D eigenvalue weighted by Crippen LogP contribution is 2.34. The second-order valence-corrected chi connectivity index (χ2v) is 9.78. The molecule has 3 heterocycles. The van der Waals surface area contributed by atoms with Crippen LogP contribution in [0.15, 0.2) is 88.4 Å². The van der Waals surface area contributed by atoms with E-state index in [1.165, 1.54) is 11.3 Å². The van der Waals surface area contributed by atoms with Crippen molar-refractivity contribution in [3.63, 3.8) is 0 Å². The minimum absolute atomic E-state index is 0.212. The van der Waals surface area contributed by atoms with E-state index in [9.17, 15) is 9.59 Å². The van der Waals surface area contributed by atoms with Crippen LogP contribution < -0.4 is 14.9 Å². The van der Waals surface area contributed by atoms with E-state index in [0.29, 0.717) is 37.7 Å². The highest BCUT2D eigenvalue weighted by Gasteiger charge is 2.34. The molecule has 5 rings (SSSR count). The molecule has 0 bridgehead atoms. The van der Waals surface area contributed by atoms with Gasteiger partial charge in [-0.2, -0.15) is 0 Å². The number of esters is 1. The molecule has 0 N–H and O–H groups in total. The molecular formula is C28H24ClN3O3S. The Hall–Kier alpha value is -3.68. The van der Waals surface area contributed by atoms with Gasteiger partial charge in [-0.05, 0) is 37.6 Å². The predicted octanol–water partition coefficient (Wildman–Crippen LogP) is 4.59. The van der Waals surface area contributed by atoms with Crippen molar-refractivity contribution >= 4 is 45.9 Å². The largest absolute Gasteiger partial charge is 0.463 e. The third-order valence-corrected chi connectivity index (χ3v) is 7.48. The Morgan fingerprint density at radius 2 is 1.97 bits per heavy atom. The van der Waals surface area contributed by atoms with Gasteiger partial charge in [0.1, 0.15) is 6.04 Å². The molecule has 36 heavy (non-hydrogen) atoms. The van der Waals surface area contributed by atoms with Gasteiger partial charge < -0.3 is 9.30 Å². The molecule has 8 heteroatoms. The van der Waals surface area contributed by atoms with Crippen LogP contribution in [0.1, 0.15) is 31.0 Å². The predicted molar refractivity (Wildman–Crippen MR) is 144 cm³/mol. The molecule has 0 unspecified atom stereocenters. The van der Waals surface area contributed by atoms with Crippen molar-refractivity contribution in [2.24, 2.45) is 4.99 Å². The van der Waals surface area contributed by atoms with Crippen molar-refractivity contribution in [2.45, 2.75) is 26.4 Å². The standard InChI is InChI=1S/C28H24ClN3O3S/c1-4-14-31-16-18(19-10-7-9-13-22(19)31)15-23-26(33)32-25(20-11-6-8-12-21(20)29)24(27(34)35-5-2)17(3)30-28(32)36-23/h4,6-13,15-16,25H,1,5,14H2,2-3H3/b23-15-/t25-/m0/s1. The number of aromatic nitrogens is 2. The summed E-state index contributed by atoms with van der Waals surface area (Å²) < 4.78 is 9.52. The van der Waals surface area contributed by atoms with E-state index in [4.69, 9.17) is 16.3 Å². The van der Waals surface area contributed by atoms with E-state index in [1.807, 2.05) is 60.8 Å². The number of ether oxygens (including phenoxy) is 1. The second-order valence-electron chi connectivity index (χ2n) is 8.37. The zero-order valence-corrected chi connectivity index (χ0v) is 21.5. The number of fused-ring (bicyclic) bond motifs is 2. The summed E-state index contributed by atoms with van der Waals surface area (Å²) in [5.41, 5.74) is 3.21. The van der Waals surface area contributed by atoms with Crippen molar-refractivity contribution in [3.8, 4) is 0 Å². The van der Waals surface area contributed by atoms with Crippen molar-refractivity contribution in [3.05, 3.63) is 114 Å². The number of allylic oxidation sites excluding steroid dienone is 2. The van der Waals surface area contributed by atoms with Gasteiger partial charge in [0, 0.05) is 34.2 Å². The lowest BCUT2D eigenvalue weighted by atomic mass is 9.96. The molecule has 0 spiro atoms. The molecule has 0 aliphatic carbocycles. The third kappa shape index (κ3) is 4.04. The maximum Gasteiger partial charge on any atom is 0.338 e. The van der Waals surface area contributed by atoms with E-state index >= 15 is 0 Å². The van der Waals surface area contributed by atoms with Gasteiger partial charge >= 0.3 is 5.97 Å². The van der Waals surface area contributed by atoms with Crippen molar-refractivity contribution < 1.29 is 9.53 Å². The highest BCUT2D eigenvalue weighted by molar-refractivity contribution is 7.07. The Labute approximate surface area is 216 Å². The normalized spacial score (nSPS) is 15.6. The number of carbonyl (C=O) groups is 1. The Morgan fingerprint density at radius 1 is 1.22 bits per heavy atom. The van der Waals surface area contributed by atoms with E-state index in [1.54, 1.807) is 24.5 Å². The molecule has 0 saturated carbocycles. The van der Waals surface area contributed by atoms with Crippen LogP contribution >= 0.6 is 22.9 Å². The molecule has 1 aliphatic heterocycles. The number of nitrogens with zero attached hydrogens (tertiary/aromatic N) is 3. The fraction of sp³-hybridized carbons (Fsp3) is 0.179. The molecule has 0 amide bonds. The highest BCUT2D eigenvalue weighted by atomic mass is 35.5. The maximum absolute atomic E-state index is 13.9. The topological polar surface area (TPSA) is 65.6 Å². The SMILES string of the molecule is C=CCn1cc(/C=c2\sc3n(c2=O)[C@@H](c2ccccc2Cl)C(C(=O)OCC)=C(C)N=3)c2ccccc21. The molecule has 2 aromatic carbocycles. The quantitative estimate of drug-likeness (QED) is 0.277. The average molecular weight is 518 g/mol. The van der Waals surface area contributed by atoms with Crippen LogP contribution in [0.25, 0.3) is 17.0 Å². The van der Waals surface area contributed by atoms with Crippen molar-refractivity contribution in [2.75, 3.05) is 6.61 Å². The van der Waals surface area contributed by atoms with Gasteiger partial charge in [-0.1, -0.05) is 65.4 Å². The Balaban J connectivity index is 1.76. The van der Waals surface area contributed by atoms with Gasteiger partial charge in [-0.3, -0.25) is 9.36 Å². The van der Waals surface area contributed by atoms with Gasteiger partial charge in [0.2, 0.25) is 0 Å². The summed E-state index contributed by atoms with van der Waals surface area (Å²) in [6, 6.07) is 14.5. The first-order valence-electron chi connectivity index (χ1n) is 11.6. The summed E-state index contributed by atoms with van der Waals surface area (Å²) in [6.07, 6.45) is 5.75. The molecule has 2 aromatic heterocycles. The molecule has 1 atom stereocenters. The first kappa shape index (κ1) is 24.0. The minimum atomic E-state index is -0.738. The number of thiazole rings is 1. The van der Waals surface area contributed by atoms with Crippen LogP contribution in [-0.4, -0.2) is 21.7 Å². The summed E-state index contributed by atoms with van der Waals surface area (Å²) in [4.78, 5) is 32.0. The minimum Gasteiger partial charge on any atom is -0.463 e. The molecule has 0 fully saturated rings. The smallest absolute Gasteiger partial charge is 0.338 e. The van der Waals surface area contributed by atoms with Gasteiger partial charge in [-0.25, -0.2) is 9.79 Å². The summed E-state index contributed by atoms with van der Waals surface area (Å²) in [6.45, 7) is 8.23. The van der Waals surface area contributed by atoms with E-state index in [-0.39, 0.29) is 12.2 Å². The van der Waals surface area contributed by atoms with Crippen LogP contribution in [0.5, 0.6) is 0 Å². The molecule has 6 nitrogen and oxygen atoms in total. The fourth-order valence-corrected chi connectivity index (χ4v) is 5.88. The Kier molecular flexibility index (Phi) is 6.51. The number of halogens is 1. The van der Waals surface area contributed by atoms with Crippen LogP contribution in [0, 0.1) is 0 Å². The number of hydrogen-bond donors (Lipinski definition) is 0. The molecule has 182 valence electrons. The van der Waals surface area contributed by atoms with Crippen LogP contribution in [0.3, 0.4) is 0 Å². The lowest BCUT2D eigenvalue weighted by Gasteiger charge is -2.25. The van der Waals surface area contributed by atoms with E-state index < -0.39 is 12.0 Å². The lowest BCUT2D eigenvalue weighted by molar-refractivity contribution is -0.139. The molecular weight excluding hydrogens is 494 g/mol. The van der Waals surface area contributed by atoms with E-state index in [0.717, 1.165) is 16.5 Å². The van der Waals surface area contributed by atoms with E-state index in [2.05, 4.69) is 16.1 Å². The number of carbonyl (C=O) groups excluding carboxylic acids is 1. The summed E-state index contributed by atoms with van der Waals surface area (Å²) in [5, 5.41) is 1.50. The summed E-state index contributed by atoms with van der Waals surface area (Å²) in [7, 11) is 0. The van der Waals surface area contributed by atoms with Crippen molar-refractivity contribution in [1.82, 2.24) is 9.13 Å². The summed E-state index contributed by atoms with van der Waals surface area (Å²) >= 11 is 7.86. The molecule has 4 aromatic rings. The number of para-hydroxylation sites is 1. The van der Waals surface area contributed by atoms with Gasteiger partial charge in [0.15, 0.2) is 4.80 Å².